The molecular weight excluding hydrogens is 286 g/mol. The first-order valence-corrected chi connectivity index (χ1v) is 7.26. The molecule has 0 amide bonds. The lowest BCUT2D eigenvalue weighted by atomic mass is 10.1. The molecule has 0 unspecified atom stereocenters. The van der Waals surface area contributed by atoms with Gasteiger partial charge < -0.3 is 24.5 Å². The van der Waals surface area contributed by atoms with Crippen LogP contribution in [0.15, 0.2) is 22.7 Å². The van der Waals surface area contributed by atoms with E-state index in [4.69, 9.17) is 24.5 Å². The molecule has 7 nitrogen and oxygen atoms in total. The number of nitrogens with two attached hydrogens (primary N) is 1. The molecule has 118 valence electrons. The van der Waals surface area contributed by atoms with Gasteiger partial charge >= 0.3 is 0 Å². The van der Waals surface area contributed by atoms with E-state index in [2.05, 4.69) is 10.1 Å². The SMILES string of the molecule is COc1c(OC2CCOCC2)cccc1-c1noc(CN)n1. The Morgan fingerprint density at radius 2 is 2.14 bits per heavy atom. The Hall–Kier alpha value is -2.12. The monoisotopic (exact) mass is 305 g/mol. The summed E-state index contributed by atoms with van der Waals surface area (Å²) in [5.41, 5.74) is 6.22. The maximum Gasteiger partial charge on any atom is 0.240 e. The van der Waals surface area contributed by atoms with Crippen LogP contribution in [0.4, 0.5) is 0 Å². The summed E-state index contributed by atoms with van der Waals surface area (Å²) in [5.74, 6) is 2.09. The minimum absolute atomic E-state index is 0.128. The van der Waals surface area contributed by atoms with Crippen molar-refractivity contribution in [2.24, 2.45) is 5.73 Å². The number of ether oxygens (including phenoxy) is 3. The van der Waals surface area contributed by atoms with Crippen LogP contribution in [0.5, 0.6) is 11.5 Å². The fourth-order valence-electron chi connectivity index (χ4n) is 2.42. The molecule has 0 saturated carbocycles. The summed E-state index contributed by atoms with van der Waals surface area (Å²) in [6.45, 7) is 1.64. The molecule has 1 aliphatic rings. The van der Waals surface area contributed by atoms with Crippen molar-refractivity contribution in [2.45, 2.75) is 25.5 Å². The zero-order valence-electron chi connectivity index (χ0n) is 12.4. The summed E-state index contributed by atoms with van der Waals surface area (Å²) >= 11 is 0. The predicted molar refractivity (Wildman–Crippen MR) is 78.6 cm³/mol. The number of para-hydroxylation sites is 1. The first-order valence-electron chi connectivity index (χ1n) is 7.26. The lowest BCUT2D eigenvalue weighted by molar-refractivity contribution is 0.0246. The minimum Gasteiger partial charge on any atom is -0.492 e. The molecule has 22 heavy (non-hydrogen) atoms. The molecule has 1 saturated heterocycles. The van der Waals surface area contributed by atoms with E-state index in [0.717, 1.165) is 31.6 Å². The molecule has 3 rings (SSSR count). The van der Waals surface area contributed by atoms with Gasteiger partial charge in [-0.3, -0.25) is 0 Å². The van der Waals surface area contributed by atoms with Crippen molar-refractivity contribution in [2.75, 3.05) is 20.3 Å². The number of nitrogens with zero attached hydrogens (tertiary/aromatic N) is 2. The maximum absolute atomic E-state index is 6.06. The van der Waals surface area contributed by atoms with Crippen LogP contribution >= 0.6 is 0 Å². The fourth-order valence-corrected chi connectivity index (χ4v) is 2.42. The first kappa shape index (κ1) is 14.8. The molecule has 7 heteroatoms. The summed E-state index contributed by atoms with van der Waals surface area (Å²) in [7, 11) is 1.60. The zero-order chi connectivity index (χ0) is 15.4. The number of rotatable bonds is 5. The van der Waals surface area contributed by atoms with Crippen molar-refractivity contribution >= 4 is 0 Å². The second-order valence-electron chi connectivity index (χ2n) is 4.98. The summed E-state index contributed by atoms with van der Waals surface area (Å²) in [6.07, 6.45) is 1.86. The molecule has 0 bridgehead atoms. The molecule has 0 spiro atoms. The Morgan fingerprint density at radius 1 is 1.32 bits per heavy atom. The van der Waals surface area contributed by atoms with E-state index >= 15 is 0 Å². The van der Waals surface area contributed by atoms with Crippen LogP contribution in [0, 0.1) is 0 Å². The molecular formula is C15H19N3O4. The van der Waals surface area contributed by atoms with Gasteiger partial charge in [0.25, 0.3) is 0 Å². The number of hydrogen-bond donors (Lipinski definition) is 1. The Bertz CT molecular complexity index is 623. The van der Waals surface area contributed by atoms with E-state index in [9.17, 15) is 0 Å². The van der Waals surface area contributed by atoms with Gasteiger partial charge in [0.2, 0.25) is 11.7 Å². The average Bonchev–Trinajstić information content (AvgIpc) is 3.04. The van der Waals surface area contributed by atoms with E-state index in [1.807, 2.05) is 18.2 Å². The van der Waals surface area contributed by atoms with Crippen LogP contribution in [0.25, 0.3) is 11.4 Å². The molecule has 1 aliphatic heterocycles. The summed E-state index contributed by atoms with van der Waals surface area (Å²) in [6, 6.07) is 5.62. The second kappa shape index (κ2) is 6.76. The first-order chi connectivity index (χ1) is 10.8. The van der Waals surface area contributed by atoms with Gasteiger partial charge in [-0.2, -0.15) is 4.98 Å². The molecule has 0 radical (unpaired) electrons. The van der Waals surface area contributed by atoms with Crippen LogP contribution in [0.2, 0.25) is 0 Å². The topological polar surface area (TPSA) is 92.6 Å². The summed E-state index contributed by atoms with van der Waals surface area (Å²) in [4.78, 5) is 4.24. The van der Waals surface area contributed by atoms with Gasteiger partial charge in [-0.15, -0.1) is 0 Å². The van der Waals surface area contributed by atoms with Crippen LogP contribution in [0.1, 0.15) is 18.7 Å². The molecule has 2 heterocycles. The van der Waals surface area contributed by atoms with Gasteiger partial charge in [0, 0.05) is 12.8 Å². The Labute approximate surface area is 128 Å². The Balaban J connectivity index is 1.89. The summed E-state index contributed by atoms with van der Waals surface area (Å²) in [5, 5.41) is 3.93. The van der Waals surface area contributed by atoms with Crippen LogP contribution in [-0.2, 0) is 11.3 Å². The van der Waals surface area contributed by atoms with Gasteiger partial charge in [-0.1, -0.05) is 11.2 Å². The van der Waals surface area contributed by atoms with E-state index < -0.39 is 0 Å². The minimum atomic E-state index is 0.128. The van der Waals surface area contributed by atoms with E-state index in [1.165, 1.54) is 0 Å². The third kappa shape index (κ3) is 3.05. The lowest BCUT2D eigenvalue weighted by Gasteiger charge is -2.24. The Kier molecular flexibility index (Phi) is 4.55. The Morgan fingerprint density at radius 3 is 2.82 bits per heavy atom. The second-order valence-corrected chi connectivity index (χ2v) is 4.98. The van der Waals surface area contributed by atoms with E-state index in [-0.39, 0.29) is 12.6 Å². The average molecular weight is 305 g/mol. The molecule has 2 aromatic rings. The van der Waals surface area contributed by atoms with Crippen molar-refractivity contribution in [3.8, 4) is 22.9 Å². The van der Waals surface area contributed by atoms with Gasteiger partial charge in [-0.05, 0) is 12.1 Å². The molecule has 1 fully saturated rings. The summed E-state index contributed by atoms with van der Waals surface area (Å²) < 4.78 is 22.0. The van der Waals surface area contributed by atoms with E-state index in [1.54, 1.807) is 7.11 Å². The quantitative estimate of drug-likeness (QED) is 0.899. The molecule has 2 N–H and O–H groups in total. The maximum atomic E-state index is 6.06. The van der Waals surface area contributed by atoms with Crippen molar-refractivity contribution in [3.05, 3.63) is 24.1 Å². The smallest absolute Gasteiger partial charge is 0.240 e. The zero-order valence-corrected chi connectivity index (χ0v) is 12.4. The fraction of sp³-hybridized carbons (Fsp3) is 0.467. The van der Waals surface area contributed by atoms with Crippen LogP contribution in [0.3, 0.4) is 0 Å². The third-order valence-electron chi connectivity index (χ3n) is 3.53. The van der Waals surface area contributed by atoms with E-state index in [0.29, 0.717) is 23.2 Å². The standard InChI is InChI=1S/C15H19N3O4/c1-19-14-11(15-17-13(9-16)22-18-15)3-2-4-12(14)21-10-5-7-20-8-6-10/h2-4,10H,5-9,16H2,1H3. The normalized spacial score (nSPS) is 15.7. The molecule has 1 aromatic heterocycles. The number of hydrogen-bond acceptors (Lipinski definition) is 7. The highest BCUT2D eigenvalue weighted by molar-refractivity contribution is 5.68. The third-order valence-corrected chi connectivity index (χ3v) is 3.53. The van der Waals surface area contributed by atoms with Gasteiger partial charge in [0.1, 0.15) is 6.10 Å². The highest BCUT2D eigenvalue weighted by Crippen LogP contribution is 2.37. The van der Waals surface area contributed by atoms with Gasteiger partial charge in [-0.25, -0.2) is 0 Å². The van der Waals surface area contributed by atoms with Gasteiger partial charge in [0.05, 0.1) is 32.4 Å². The highest BCUT2D eigenvalue weighted by atomic mass is 16.5. The molecule has 1 aromatic carbocycles. The molecule has 0 atom stereocenters. The van der Waals surface area contributed by atoms with Crippen molar-refractivity contribution in [1.82, 2.24) is 10.1 Å². The van der Waals surface area contributed by atoms with Crippen LogP contribution < -0.4 is 15.2 Å². The van der Waals surface area contributed by atoms with Crippen molar-refractivity contribution < 1.29 is 18.7 Å². The highest BCUT2D eigenvalue weighted by Gasteiger charge is 2.21. The lowest BCUT2D eigenvalue weighted by Crippen LogP contribution is -2.26. The van der Waals surface area contributed by atoms with Crippen LogP contribution in [-0.4, -0.2) is 36.6 Å². The largest absolute Gasteiger partial charge is 0.492 e. The number of methoxy groups -OCH3 is 1. The van der Waals surface area contributed by atoms with Gasteiger partial charge in [0.15, 0.2) is 11.5 Å². The number of aromatic nitrogens is 2. The van der Waals surface area contributed by atoms with Crippen molar-refractivity contribution in [1.29, 1.82) is 0 Å². The molecule has 0 aliphatic carbocycles. The van der Waals surface area contributed by atoms with Crippen molar-refractivity contribution in [3.63, 3.8) is 0 Å². The predicted octanol–water partition coefficient (Wildman–Crippen LogP) is 1.76. The number of benzene rings is 1.